The van der Waals surface area contributed by atoms with Gasteiger partial charge in [-0.25, -0.2) is 0 Å². The Morgan fingerprint density at radius 2 is 2.08 bits per heavy atom. The number of aryl methyl sites for hydroxylation is 2. The number of hydrogen-bond acceptors (Lipinski definition) is 2. The monoisotopic (exact) mass is 373 g/mol. The van der Waals surface area contributed by atoms with Crippen LogP contribution in [0, 0.1) is 0 Å². The molecule has 3 aromatic rings. The van der Waals surface area contributed by atoms with Crippen LogP contribution in [0.1, 0.15) is 24.1 Å². The van der Waals surface area contributed by atoms with Gasteiger partial charge in [0.05, 0.1) is 21.9 Å². The third-order valence-corrected chi connectivity index (χ3v) is 5.14. The molecule has 0 unspecified atom stereocenters. The van der Waals surface area contributed by atoms with Gasteiger partial charge in [0.2, 0.25) is 5.91 Å². The van der Waals surface area contributed by atoms with Gasteiger partial charge in [0, 0.05) is 29.8 Å². The topological polar surface area (TPSA) is 49.0 Å². The zero-order valence-electron chi connectivity index (χ0n) is 13.6. The fourth-order valence-corrected chi connectivity index (χ4v) is 4.11. The first-order valence-electron chi connectivity index (χ1n) is 8.34. The first-order valence-corrected chi connectivity index (χ1v) is 9.09. The van der Waals surface area contributed by atoms with Crippen LogP contribution in [0.3, 0.4) is 0 Å². The fraction of sp³-hybridized carbons (Fsp3) is 0.263. The Bertz CT molecular complexity index is 951. The molecule has 0 saturated heterocycles. The maximum Gasteiger partial charge on any atom is 0.227 e. The summed E-state index contributed by atoms with van der Waals surface area (Å²) < 4.78 is 0. The van der Waals surface area contributed by atoms with Crippen LogP contribution in [-0.2, 0) is 17.6 Å². The molecule has 1 N–H and O–H groups in total. The van der Waals surface area contributed by atoms with Crippen LogP contribution in [-0.4, -0.2) is 22.6 Å². The van der Waals surface area contributed by atoms with Crippen molar-refractivity contribution in [1.82, 2.24) is 10.2 Å². The van der Waals surface area contributed by atoms with E-state index in [1.807, 2.05) is 30.3 Å². The summed E-state index contributed by atoms with van der Waals surface area (Å²) >= 11 is 12.5. The van der Waals surface area contributed by atoms with Gasteiger partial charge >= 0.3 is 0 Å². The predicted molar refractivity (Wildman–Crippen MR) is 102 cm³/mol. The summed E-state index contributed by atoms with van der Waals surface area (Å²) in [6, 6.07) is 11.6. The molecular weight excluding hydrogens is 357 g/mol. The van der Waals surface area contributed by atoms with Gasteiger partial charge in [-0.05, 0) is 36.6 Å². The number of amides is 1. The van der Waals surface area contributed by atoms with Crippen molar-refractivity contribution in [3.8, 4) is 0 Å². The molecule has 1 aliphatic heterocycles. The molecule has 25 heavy (non-hydrogen) atoms. The van der Waals surface area contributed by atoms with Crippen molar-refractivity contribution in [1.29, 1.82) is 0 Å². The smallest absolute Gasteiger partial charge is 0.227 e. The Labute approximate surface area is 155 Å². The van der Waals surface area contributed by atoms with E-state index in [0.29, 0.717) is 29.4 Å². The number of rotatable bonds is 3. The number of aromatic nitrogens is 2. The number of nitrogens with one attached hydrogen (secondary N) is 1. The molecule has 0 radical (unpaired) electrons. The van der Waals surface area contributed by atoms with Gasteiger partial charge in [0.25, 0.3) is 0 Å². The van der Waals surface area contributed by atoms with Crippen LogP contribution < -0.4 is 4.90 Å². The molecule has 0 bridgehead atoms. The summed E-state index contributed by atoms with van der Waals surface area (Å²) in [6.45, 7) is 0.689. The maximum atomic E-state index is 12.8. The Morgan fingerprint density at radius 3 is 2.96 bits per heavy atom. The number of carbonyl (C=O) groups excluding carboxylic acids is 1. The molecule has 128 valence electrons. The molecule has 6 heteroatoms. The zero-order chi connectivity index (χ0) is 17.4. The van der Waals surface area contributed by atoms with E-state index in [0.717, 1.165) is 40.7 Å². The second-order valence-corrected chi connectivity index (χ2v) is 7.10. The third-order valence-electron chi connectivity index (χ3n) is 4.63. The lowest BCUT2D eigenvalue weighted by Gasteiger charge is -2.30. The number of benzene rings is 2. The highest BCUT2D eigenvalue weighted by Crippen LogP contribution is 2.37. The van der Waals surface area contributed by atoms with Gasteiger partial charge in [-0.2, -0.15) is 5.10 Å². The number of hydrogen-bond donors (Lipinski definition) is 1. The molecule has 4 rings (SSSR count). The van der Waals surface area contributed by atoms with Crippen LogP contribution in [0.5, 0.6) is 0 Å². The van der Waals surface area contributed by atoms with Crippen LogP contribution in [0.25, 0.3) is 10.9 Å². The number of halogens is 2. The Hall–Kier alpha value is -2.04. The number of para-hydroxylation sites is 1. The van der Waals surface area contributed by atoms with Crippen LogP contribution >= 0.6 is 23.2 Å². The van der Waals surface area contributed by atoms with Gasteiger partial charge in [-0.3, -0.25) is 9.89 Å². The standard InChI is InChI=1S/C19H17Cl2N3O/c20-13-10-12-4-3-9-24(19(12)15(21)11-13)18(25)8-7-17-14-5-1-2-6-16(14)22-23-17/h1-2,5-6,10-11H,3-4,7-9H2,(H,22,23). The quantitative estimate of drug-likeness (QED) is 0.717. The summed E-state index contributed by atoms with van der Waals surface area (Å²) in [5.41, 5.74) is 3.77. The lowest BCUT2D eigenvalue weighted by atomic mass is 10.0. The van der Waals surface area contributed by atoms with E-state index in [-0.39, 0.29) is 5.91 Å². The molecule has 0 saturated carbocycles. The summed E-state index contributed by atoms with van der Waals surface area (Å²) in [7, 11) is 0. The minimum atomic E-state index is 0.0669. The minimum Gasteiger partial charge on any atom is -0.311 e. The van der Waals surface area contributed by atoms with E-state index in [9.17, 15) is 4.79 Å². The van der Waals surface area contributed by atoms with E-state index in [4.69, 9.17) is 23.2 Å². The molecule has 4 nitrogen and oxygen atoms in total. The van der Waals surface area contributed by atoms with Crippen molar-refractivity contribution in [2.75, 3.05) is 11.4 Å². The van der Waals surface area contributed by atoms with Crippen LogP contribution in [0.4, 0.5) is 5.69 Å². The van der Waals surface area contributed by atoms with E-state index < -0.39 is 0 Å². The van der Waals surface area contributed by atoms with Gasteiger partial charge in [0.1, 0.15) is 0 Å². The van der Waals surface area contributed by atoms with Gasteiger partial charge in [0.15, 0.2) is 0 Å². The Morgan fingerprint density at radius 1 is 1.24 bits per heavy atom. The van der Waals surface area contributed by atoms with E-state index in [1.54, 1.807) is 11.0 Å². The summed E-state index contributed by atoms with van der Waals surface area (Å²) in [4.78, 5) is 14.6. The van der Waals surface area contributed by atoms with E-state index >= 15 is 0 Å². The second kappa shape index (κ2) is 6.70. The predicted octanol–water partition coefficient (Wildman–Crippen LogP) is 4.78. The highest BCUT2D eigenvalue weighted by molar-refractivity contribution is 6.37. The number of fused-ring (bicyclic) bond motifs is 2. The average Bonchev–Trinajstić information content (AvgIpc) is 3.02. The number of H-pyrrole nitrogens is 1. The van der Waals surface area contributed by atoms with Crippen molar-refractivity contribution in [2.45, 2.75) is 25.7 Å². The molecule has 0 spiro atoms. The van der Waals surface area contributed by atoms with Crippen LogP contribution in [0.2, 0.25) is 10.0 Å². The van der Waals surface area contributed by atoms with Crippen molar-refractivity contribution in [2.24, 2.45) is 0 Å². The first-order chi connectivity index (χ1) is 12.1. The number of carbonyl (C=O) groups is 1. The Balaban J connectivity index is 1.55. The van der Waals surface area contributed by atoms with E-state index in [1.165, 1.54) is 0 Å². The molecular formula is C19H17Cl2N3O. The summed E-state index contributed by atoms with van der Waals surface area (Å²) in [5.74, 6) is 0.0669. The van der Waals surface area contributed by atoms with Crippen LogP contribution in [0.15, 0.2) is 36.4 Å². The normalized spacial score (nSPS) is 13.9. The van der Waals surface area contributed by atoms with Crippen molar-refractivity contribution < 1.29 is 4.79 Å². The highest BCUT2D eigenvalue weighted by atomic mass is 35.5. The molecule has 0 fully saturated rings. The number of aromatic amines is 1. The average molecular weight is 374 g/mol. The molecule has 1 aliphatic rings. The summed E-state index contributed by atoms with van der Waals surface area (Å²) in [6.07, 6.45) is 2.80. The maximum absolute atomic E-state index is 12.8. The van der Waals surface area contributed by atoms with E-state index in [2.05, 4.69) is 10.2 Å². The number of anilines is 1. The molecule has 1 amide bonds. The molecule has 1 aromatic heterocycles. The second-order valence-electron chi connectivity index (χ2n) is 6.26. The largest absolute Gasteiger partial charge is 0.311 e. The van der Waals surface area contributed by atoms with Gasteiger partial charge in [-0.1, -0.05) is 41.4 Å². The highest BCUT2D eigenvalue weighted by Gasteiger charge is 2.25. The van der Waals surface area contributed by atoms with Gasteiger partial charge < -0.3 is 4.90 Å². The lowest BCUT2D eigenvalue weighted by Crippen LogP contribution is -2.35. The molecule has 2 aromatic carbocycles. The first kappa shape index (κ1) is 16.4. The van der Waals surface area contributed by atoms with Crippen molar-refractivity contribution >= 4 is 45.7 Å². The van der Waals surface area contributed by atoms with Gasteiger partial charge in [-0.15, -0.1) is 0 Å². The SMILES string of the molecule is O=C(CCc1n[nH]c2ccccc12)N1CCCc2cc(Cl)cc(Cl)c21. The van der Waals surface area contributed by atoms with Crippen molar-refractivity contribution in [3.63, 3.8) is 0 Å². The minimum absolute atomic E-state index is 0.0669. The zero-order valence-corrected chi connectivity index (χ0v) is 15.1. The number of nitrogens with zero attached hydrogens (tertiary/aromatic N) is 2. The van der Waals surface area contributed by atoms with Crippen molar-refractivity contribution in [3.05, 3.63) is 57.7 Å². The lowest BCUT2D eigenvalue weighted by molar-refractivity contribution is -0.118. The molecule has 2 heterocycles. The summed E-state index contributed by atoms with van der Waals surface area (Å²) in [5, 5.41) is 9.58. The third kappa shape index (κ3) is 3.12. The molecule has 0 atom stereocenters. The fourth-order valence-electron chi connectivity index (χ4n) is 3.47. The molecule has 0 aliphatic carbocycles. The Kier molecular flexibility index (Phi) is 4.40.